The first kappa shape index (κ1) is 14.9. The highest BCUT2D eigenvalue weighted by Crippen LogP contribution is 2.29. The number of hydrogen-bond acceptors (Lipinski definition) is 4. The van der Waals surface area contributed by atoms with Crippen LogP contribution in [-0.2, 0) is 23.0 Å². The van der Waals surface area contributed by atoms with Crippen molar-refractivity contribution in [2.45, 2.75) is 24.8 Å². The number of anilines is 1. The molecule has 0 atom stereocenters. The second-order valence-corrected chi connectivity index (χ2v) is 6.21. The molecule has 0 unspecified atom stereocenters. The fraction of sp³-hybridized carbons (Fsp3) is 0.231. The number of hydrogen-bond donors (Lipinski definition) is 2. The van der Waals surface area contributed by atoms with Crippen molar-refractivity contribution >= 4 is 27.3 Å². The smallest absolute Gasteiger partial charge is 0.239 e. The summed E-state index contributed by atoms with van der Waals surface area (Å²) in [6.45, 7) is 2.42. The lowest BCUT2D eigenvalue weighted by molar-refractivity contribution is 0.518. The summed E-state index contributed by atoms with van der Waals surface area (Å²) in [5, 5.41) is 8.41. The molecule has 108 valence electrons. The molecule has 3 N–H and O–H groups in total. The van der Waals surface area contributed by atoms with Crippen LogP contribution in [0.5, 0.6) is 0 Å². The zero-order chi connectivity index (χ0) is 14.8. The summed E-state index contributed by atoms with van der Waals surface area (Å²) >= 11 is 5.98. The van der Waals surface area contributed by atoms with E-state index in [9.17, 15) is 8.42 Å². The molecule has 20 heavy (non-hydrogen) atoms. The van der Waals surface area contributed by atoms with E-state index in [1.54, 1.807) is 18.4 Å². The van der Waals surface area contributed by atoms with E-state index < -0.39 is 10.0 Å². The standard InChI is InChI=1S/C13H15ClN2O3S/c1-2-9-6-13(20(15,17)18)11(14)7-12(9)16-8-10-4-3-5-19-10/h3-7,16H,2,8H2,1H3,(H2,15,17,18). The number of rotatable bonds is 5. The summed E-state index contributed by atoms with van der Waals surface area (Å²) in [6, 6.07) is 6.72. The summed E-state index contributed by atoms with van der Waals surface area (Å²) < 4.78 is 28.1. The Balaban J connectivity index is 2.31. The minimum Gasteiger partial charge on any atom is -0.467 e. The second kappa shape index (κ2) is 5.87. The molecule has 1 aromatic carbocycles. The number of nitrogens with two attached hydrogens (primary N) is 1. The van der Waals surface area contributed by atoms with Gasteiger partial charge in [-0.05, 0) is 36.2 Å². The number of primary sulfonamides is 1. The highest BCUT2D eigenvalue weighted by Gasteiger charge is 2.16. The quantitative estimate of drug-likeness (QED) is 0.888. The molecular formula is C13H15ClN2O3S. The molecule has 5 nitrogen and oxygen atoms in total. The predicted octanol–water partition coefficient (Wildman–Crippen LogP) is 2.75. The molecule has 2 aromatic rings. The van der Waals surface area contributed by atoms with Crippen molar-refractivity contribution in [1.29, 1.82) is 0 Å². The summed E-state index contributed by atoms with van der Waals surface area (Å²) in [7, 11) is -3.82. The van der Waals surface area contributed by atoms with Gasteiger partial charge in [-0.1, -0.05) is 18.5 Å². The van der Waals surface area contributed by atoms with E-state index in [4.69, 9.17) is 21.2 Å². The third kappa shape index (κ3) is 3.33. The zero-order valence-corrected chi connectivity index (χ0v) is 12.5. The van der Waals surface area contributed by atoms with Crippen LogP contribution >= 0.6 is 11.6 Å². The lowest BCUT2D eigenvalue weighted by Gasteiger charge is -2.13. The molecule has 0 spiro atoms. The number of sulfonamides is 1. The minimum absolute atomic E-state index is 0.0560. The van der Waals surface area contributed by atoms with Crippen molar-refractivity contribution in [1.82, 2.24) is 0 Å². The maximum absolute atomic E-state index is 11.4. The largest absolute Gasteiger partial charge is 0.467 e. The summed E-state index contributed by atoms with van der Waals surface area (Å²) in [5.41, 5.74) is 1.59. The van der Waals surface area contributed by atoms with Crippen LogP contribution in [0.3, 0.4) is 0 Å². The van der Waals surface area contributed by atoms with Gasteiger partial charge in [-0.15, -0.1) is 0 Å². The molecular weight excluding hydrogens is 300 g/mol. The van der Waals surface area contributed by atoms with Crippen molar-refractivity contribution in [3.05, 3.63) is 46.9 Å². The van der Waals surface area contributed by atoms with E-state index in [2.05, 4.69) is 5.32 Å². The fourth-order valence-electron chi connectivity index (χ4n) is 1.87. The molecule has 0 saturated heterocycles. The summed E-state index contributed by atoms with van der Waals surface area (Å²) in [5.74, 6) is 0.777. The Kier molecular flexibility index (Phi) is 4.37. The van der Waals surface area contributed by atoms with E-state index in [0.717, 1.165) is 17.0 Å². The normalized spacial score (nSPS) is 11.6. The fourth-order valence-corrected chi connectivity index (χ4v) is 2.99. The van der Waals surface area contributed by atoms with Crippen molar-refractivity contribution < 1.29 is 12.8 Å². The van der Waals surface area contributed by atoms with Crippen LogP contribution in [0.1, 0.15) is 18.2 Å². The number of halogens is 1. The maximum Gasteiger partial charge on any atom is 0.239 e. The first-order chi connectivity index (χ1) is 9.41. The van der Waals surface area contributed by atoms with Gasteiger partial charge in [0.25, 0.3) is 0 Å². The van der Waals surface area contributed by atoms with Gasteiger partial charge in [0.05, 0.1) is 17.8 Å². The van der Waals surface area contributed by atoms with Gasteiger partial charge in [-0.25, -0.2) is 13.6 Å². The van der Waals surface area contributed by atoms with Crippen LogP contribution in [-0.4, -0.2) is 8.42 Å². The lowest BCUT2D eigenvalue weighted by Crippen LogP contribution is -2.14. The second-order valence-electron chi connectivity index (χ2n) is 4.27. The number of nitrogens with one attached hydrogen (secondary N) is 1. The van der Waals surface area contributed by atoms with E-state index in [1.807, 2.05) is 13.0 Å². The van der Waals surface area contributed by atoms with Gasteiger partial charge in [-0.3, -0.25) is 0 Å². The molecule has 0 aliphatic rings. The van der Waals surface area contributed by atoms with Crippen LogP contribution in [0.15, 0.2) is 39.8 Å². The number of benzene rings is 1. The SMILES string of the molecule is CCc1cc(S(N)(=O)=O)c(Cl)cc1NCc1ccco1. The molecule has 0 bridgehead atoms. The molecule has 0 aliphatic heterocycles. The van der Waals surface area contributed by atoms with E-state index in [-0.39, 0.29) is 9.92 Å². The lowest BCUT2D eigenvalue weighted by atomic mass is 10.1. The molecule has 0 aliphatic carbocycles. The number of aryl methyl sites for hydroxylation is 1. The Labute approximate surface area is 122 Å². The molecule has 0 saturated carbocycles. The molecule has 7 heteroatoms. The Morgan fingerprint density at radius 3 is 2.70 bits per heavy atom. The van der Waals surface area contributed by atoms with Gasteiger partial charge in [0.15, 0.2) is 0 Å². The monoisotopic (exact) mass is 314 g/mol. The third-order valence-electron chi connectivity index (χ3n) is 2.88. The van der Waals surface area contributed by atoms with Gasteiger partial charge < -0.3 is 9.73 Å². The van der Waals surface area contributed by atoms with E-state index >= 15 is 0 Å². The van der Waals surface area contributed by atoms with Crippen molar-refractivity contribution in [3.63, 3.8) is 0 Å². The topological polar surface area (TPSA) is 85.3 Å². The molecule has 1 heterocycles. The first-order valence-electron chi connectivity index (χ1n) is 6.03. The molecule has 1 aromatic heterocycles. The molecule has 0 amide bonds. The van der Waals surface area contributed by atoms with Crippen LogP contribution in [0.2, 0.25) is 5.02 Å². The van der Waals surface area contributed by atoms with Crippen molar-refractivity contribution in [2.24, 2.45) is 5.14 Å². The molecule has 2 rings (SSSR count). The Hall–Kier alpha value is -1.50. The molecule has 0 radical (unpaired) electrons. The highest BCUT2D eigenvalue weighted by atomic mass is 35.5. The van der Waals surface area contributed by atoms with Crippen LogP contribution < -0.4 is 10.5 Å². The van der Waals surface area contributed by atoms with Crippen LogP contribution in [0.4, 0.5) is 5.69 Å². The first-order valence-corrected chi connectivity index (χ1v) is 7.95. The Morgan fingerprint density at radius 1 is 1.40 bits per heavy atom. The number of furan rings is 1. The van der Waals surface area contributed by atoms with Gasteiger partial charge in [0, 0.05) is 5.69 Å². The van der Waals surface area contributed by atoms with Crippen molar-refractivity contribution in [2.75, 3.05) is 5.32 Å². The van der Waals surface area contributed by atoms with Crippen LogP contribution in [0, 0.1) is 0 Å². The minimum atomic E-state index is -3.82. The average molecular weight is 315 g/mol. The maximum atomic E-state index is 11.4. The van der Waals surface area contributed by atoms with Gasteiger partial charge in [0.2, 0.25) is 10.0 Å². The van der Waals surface area contributed by atoms with Crippen LogP contribution in [0.25, 0.3) is 0 Å². The van der Waals surface area contributed by atoms with Gasteiger partial charge in [-0.2, -0.15) is 0 Å². The van der Waals surface area contributed by atoms with Gasteiger partial charge >= 0.3 is 0 Å². The highest BCUT2D eigenvalue weighted by molar-refractivity contribution is 7.89. The Bertz CT molecular complexity index is 697. The predicted molar refractivity (Wildman–Crippen MR) is 78.2 cm³/mol. The van der Waals surface area contributed by atoms with E-state index in [0.29, 0.717) is 13.0 Å². The third-order valence-corrected chi connectivity index (χ3v) is 4.25. The molecule has 0 fully saturated rings. The average Bonchev–Trinajstić information content (AvgIpc) is 2.88. The van der Waals surface area contributed by atoms with Crippen molar-refractivity contribution in [3.8, 4) is 0 Å². The van der Waals surface area contributed by atoms with Gasteiger partial charge in [0.1, 0.15) is 10.7 Å². The van der Waals surface area contributed by atoms with E-state index in [1.165, 1.54) is 6.07 Å². The summed E-state index contributed by atoms with van der Waals surface area (Å²) in [4.78, 5) is -0.0560. The summed E-state index contributed by atoms with van der Waals surface area (Å²) in [6.07, 6.45) is 2.25. The zero-order valence-electron chi connectivity index (χ0n) is 10.9. The Morgan fingerprint density at radius 2 is 2.15 bits per heavy atom.